The van der Waals surface area contributed by atoms with E-state index in [1.54, 1.807) is 31.6 Å². The fourth-order valence-corrected chi connectivity index (χ4v) is 4.85. The summed E-state index contributed by atoms with van der Waals surface area (Å²) in [6, 6.07) is 17.8. The second-order valence-corrected chi connectivity index (χ2v) is 9.14. The Balaban J connectivity index is 1.40. The minimum Gasteiger partial charge on any atom is -0.508 e. The van der Waals surface area contributed by atoms with E-state index in [0.29, 0.717) is 5.92 Å². The number of phenolic OH excluding ortho intramolecular Hbond substituents is 1. The summed E-state index contributed by atoms with van der Waals surface area (Å²) in [6.45, 7) is 4.85. The Bertz CT molecular complexity index is 1300. The molecule has 0 bridgehead atoms. The van der Waals surface area contributed by atoms with E-state index in [9.17, 15) is 5.11 Å². The molecule has 0 unspecified atom stereocenters. The van der Waals surface area contributed by atoms with Crippen molar-refractivity contribution in [2.24, 2.45) is 0 Å². The molecule has 0 spiro atoms. The van der Waals surface area contributed by atoms with Gasteiger partial charge in [0.25, 0.3) is 0 Å². The maximum Gasteiger partial charge on any atom is 0.159 e. The van der Waals surface area contributed by atoms with Crippen molar-refractivity contribution in [3.8, 4) is 34.0 Å². The Kier molecular flexibility index (Phi) is 6.73. The molecule has 1 fully saturated rings. The summed E-state index contributed by atoms with van der Waals surface area (Å²) in [5.41, 5.74) is 6.70. The van der Waals surface area contributed by atoms with Crippen molar-refractivity contribution >= 4 is 0 Å². The Morgan fingerprint density at radius 1 is 1.00 bits per heavy atom. The molecule has 1 N–H and O–H groups in total. The molecule has 3 heterocycles. The fraction of sp³-hybridized carbons (Fsp3) is 0.276. The van der Waals surface area contributed by atoms with Crippen LogP contribution in [0.5, 0.6) is 11.5 Å². The van der Waals surface area contributed by atoms with Crippen LogP contribution in [0.15, 0.2) is 73.2 Å². The van der Waals surface area contributed by atoms with Gasteiger partial charge in [0.05, 0.1) is 12.8 Å². The van der Waals surface area contributed by atoms with Gasteiger partial charge in [-0.2, -0.15) is 0 Å². The first-order valence-electron chi connectivity index (χ1n) is 12.0. The van der Waals surface area contributed by atoms with Gasteiger partial charge in [-0.15, -0.1) is 0 Å². The summed E-state index contributed by atoms with van der Waals surface area (Å²) < 4.78 is 5.48. The lowest BCUT2D eigenvalue weighted by Gasteiger charge is -2.33. The zero-order valence-corrected chi connectivity index (χ0v) is 20.2. The van der Waals surface area contributed by atoms with E-state index in [-0.39, 0.29) is 5.75 Å². The first kappa shape index (κ1) is 23.0. The zero-order valence-electron chi connectivity index (χ0n) is 20.2. The number of methoxy groups -OCH3 is 1. The van der Waals surface area contributed by atoms with Crippen LogP contribution in [0.2, 0.25) is 0 Å². The number of hydrogen-bond acceptors (Lipinski definition) is 6. The molecule has 5 rings (SSSR count). The molecule has 6 nitrogen and oxygen atoms in total. The molecule has 4 aromatic rings. The summed E-state index contributed by atoms with van der Waals surface area (Å²) in [5.74, 6) is 2.05. The second-order valence-electron chi connectivity index (χ2n) is 9.14. The van der Waals surface area contributed by atoms with Crippen molar-refractivity contribution in [3.63, 3.8) is 0 Å². The number of aryl methyl sites for hydroxylation is 1. The van der Waals surface area contributed by atoms with E-state index in [4.69, 9.17) is 14.7 Å². The standard InChI is InChI=1S/C29H30N4O2/c1-20-4-3-5-23(16-20)26-18-31-29(22-8-12-30-13-9-22)32-28(26)21-10-14-33(15-11-21)19-24-6-7-25(34)17-27(24)35-2/h3-9,12-13,16-18,21,34H,10-11,14-15,19H2,1-2H3. The molecule has 1 saturated heterocycles. The van der Waals surface area contributed by atoms with Crippen LogP contribution in [-0.4, -0.2) is 45.2 Å². The van der Waals surface area contributed by atoms with E-state index in [2.05, 4.69) is 41.1 Å². The highest BCUT2D eigenvalue weighted by atomic mass is 16.5. The fourth-order valence-electron chi connectivity index (χ4n) is 4.85. The smallest absolute Gasteiger partial charge is 0.159 e. The number of pyridine rings is 1. The number of rotatable bonds is 6. The minimum atomic E-state index is 0.224. The van der Waals surface area contributed by atoms with Crippen LogP contribution in [0.1, 0.15) is 35.6 Å². The van der Waals surface area contributed by atoms with E-state index >= 15 is 0 Å². The molecule has 35 heavy (non-hydrogen) atoms. The SMILES string of the molecule is COc1cc(O)ccc1CN1CCC(c2nc(-c3ccncc3)ncc2-c2cccc(C)c2)CC1. The molecule has 0 amide bonds. The number of piperidine rings is 1. The van der Waals surface area contributed by atoms with Crippen molar-refractivity contribution < 1.29 is 9.84 Å². The van der Waals surface area contributed by atoms with Gasteiger partial charge in [0.15, 0.2) is 5.82 Å². The predicted molar refractivity (Wildman–Crippen MR) is 137 cm³/mol. The Hall–Kier alpha value is -3.77. The number of benzene rings is 2. The highest BCUT2D eigenvalue weighted by Gasteiger charge is 2.26. The first-order chi connectivity index (χ1) is 17.1. The van der Waals surface area contributed by atoms with Gasteiger partial charge in [0, 0.05) is 53.8 Å². The summed E-state index contributed by atoms with van der Waals surface area (Å²) >= 11 is 0. The first-order valence-corrected chi connectivity index (χ1v) is 12.0. The van der Waals surface area contributed by atoms with Crippen molar-refractivity contribution in [1.82, 2.24) is 19.9 Å². The molecular formula is C29H30N4O2. The van der Waals surface area contributed by atoms with Gasteiger partial charge in [0.1, 0.15) is 11.5 Å². The van der Waals surface area contributed by atoms with Gasteiger partial charge in [-0.05, 0) is 56.6 Å². The molecule has 2 aromatic heterocycles. The number of aromatic hydroxyl groups is 1. The average Bonchev–Trinajstić information content (AvgIpc) is 2.90. The Labute approximate surface area is 206 Å². The number of likely N-dealkylation sites (tertiary alicyclic amines) is 1. The van der Waals surface area contributed by atoms with Crippen molar-refractivity contribution in [3.05, 3.63) is 90.0 Å². The number of hydrogen-bond donors (Lipinski definition) is 1. The number of nitrogens with zero attached hydrogens (tertiary/aromatic N) is 4. The summed E-state index contributed by atoms with van der Waals surface area (Å²) in [5, 5.41) is 9.77. The second kappa shape index (κ2) is 10.2. The molecule has 0 radical (unpaired) electrons. The molecule has 0 atom stereocenters. The molecule has 6 heteroatoms. The summed E-state index contributed by atoms with van der Waals surface area (Å²) in [6.07, 6.45) is 7.59. The maximum atomic E-state index is 9.77. The largest absolute Gasteiger partial charge is 0.508 e. The number of aromatic nitrogens is 3. The van der Waals surface area contributed by atoms with Gasteiger partial charge in [0.2, 0.25) is 0 Å². The molecular weight excluding hydrogens is 436 g/mol. The van der Waals surface area contributed by atoms with E-state index < -0.39 is 0 Å². The monoisotopic (exact) mass is 466 g/mol. The Morgan fingerprint density at radius 2 is 1.80 bits per heavy atom. The van der Waals surface area contributed by atoms with Crippen LogP contribution in [0.3, 0.4) is 0 Å². The summed E-state index contributed by atoms with van der Waals surface area (Å²) in [4.78, 5) is 16.4. The third-order valence-corrected chi connectivity index (χ3v) is 6.72. The third kappa shape index (κ3) is 5.17. The maximum absolute atomic E-state index is 9.77. The van der Waals surface area contributed by atoms with Crippen LogP contribution < -0.4 is 4.74 Å². The summed E-state index contributed by atoms with van der Waals surface area (Å²) in [7, 11) is 1.65. The van der Waals surface area contributed by atoms with Crippen LogP contribution in [0.25, 0.3) is 22.5 Å². The van der Waals surface area contributed by atoms with Gasteiger partial charge in [-0.3, -0.25) is 9.88 Å². The topological polar surface area (TPSA) is 71.4 Å². The van der Waals surface area contributed by atoms with Gasteiger partial charge < -0.3 is 9.84 Å². The highest BCUT2D eigenvalue weighted by molar-refractivity contribution is 5.68. The lowest BCUT2D eigenvalue weighted by Crippen LogP contribution is -2.33. The van der Waals surface area contributed by atoms with Gasteiger partial charge in [-0.25, -0.2) is 9.97 Å². The van der Waals surface area contributed by atoms with E-state index in [1.807, 2.05) is 24.4 Å². The van der Waals surface area contributed by atoms with Gasteiger partial charge in [-0.1, -0.05) is 35.9 Å². The number of phenols is 1. The van der Waals surface area contributed by atoms with E-state index in [1.165, 1.54) is 5.56 Å². The van der Waals surface area contributed by atoms with Crippen molar-refractivity contribution in [1.29, 1.82) is 0 Å². The third-order valence-electron chi connectivity index (χ3n) is 6.72. The molecule has 1 aliphatic heterocycles. The van der Waals surface area contributed by atoms with Crippen LogP contribution in [0.4, 0.5) is 0 Å². The van der Waals surface area contributed by atoms with Crippen molar-refractivity contribution in [2.45, 2.75) is 32.2 Å². The normalized spacial score (nSPS) is 14.7. The lowest BCUT2D eigenvalue weighted by molar-refractivity contribution is 0.201. The minimum absolute atomic E-state index is 0.224. The van der Waals surface area contributed by atoms with E-state index in [0.717, 1.165) is 72.0 Å². The zero-order chi connectivity index (χ0) is 24.2. The molecule has 2 aromatic carbocycles. The van der Waals surface area contributed by atoms with Crippen LogP contribution in [-0.2, 0) is 6.54 Å². The van der Waals surface area contributed by atoms with Crippen LogP contribution >= 0.6 is 0 Å². The Morgan fingerprint density at radius 3 is 2.54 bits per heavy atom. The molecule has 0 aliphatic carbocycles. The van der Waals surface area contributed by atoms with Crippen LogP contribution in [0, 0.1) is 6.92 Å². The lowest BCUT2D eigenvalue weighted by atomic mass is 9.88. The molecule has 178 valence electrons. The number of ether oxygens (including phenoxy) is 1. The quantitative estimate of drug-likeness (QED) is 0.398. The predicted octanol–water partition coefficient (Wildman–Crippen LogP) is 5.61. The van der Waals surface area contributed by atoms with Crippen molar-refractivity contribution in [2.75, 3.05) is 20.2 Å². The molecule has 0 saturated carbocycles. The van der Waals surface area contributed by atoms with Gasteiger partial charge >= 0.3 is 0 Å². The molecule has 1 aliphatic rings. The highest BCUT2D eigenvalue weighted by Crippen LogP contribution is 2.36. The average molecular weight is 467 g/mol.